The van der Waals surface area contributed by atoms with Crippen molar-refractivity contribution in [2.24, 2.45) is 0 Å². The zero-order valence-electron chi connectivity index (χ0n) is 10.3. The second kappa shape index (κ2) is 4.53. The van der Waals surface area contributed by atoms with Gasteiger partial charge < -0.3 is 10.2 Å². The van der Waals surface area contributed by atoms with E-state index in [2.05, 4.69) is 0 Å². The van der Waals surface area contributed by atoms with Crippen molar-refractivity contribution >= 4 is 5.97 Å². The third-order valence-corrected chi connectivity index (χ3v) is 3.14. The summed E-state index contributed by atoms with van der Waals surface area (Å²) in [5.41, 5.74) is 4.03. The Bertz CT molecular complexity index is 615. The molecule has 0 radical (unpaired) electrons. The molecule has 0 unspecified atom stereocenters. The molecule has 0 fully saturated rings. The fraction of sp³-hybridized carbons (Fsp3) is 0.133. The van der Waals surface area contributed by atoms with Gasteiger partial charge in [-0.15, -0.1) is 0 Å². The van der Waals surface area contributed by atoms with Crippen LogP contribution in [-0.2, 0) is 0 Å². The van der Waals surface area contributed by atoms with Crippen LogP contribution in [0.4, 0.5) is 0 Å². The number of phenols is 1. The van der Waals surface area contributed by atoms with Gasteiger partial charge in [0.25, 0.3) is 0 Å². The lowest BCUT2D eigenvalue weighted by molar-refractivity contribution is 0.0694. The molecule has 0 heterocycles. The van der Waals surface area contributed by atoms with Gasteiger partial charge in [-0.3, -0.25) is 0 Å². The highest BCUT2D eigenvalue weighted by Gasteiger charge is 2.11. The highest BCUT2D eigenvalue weighted by atomic mass is 16.4. The Morgan fingerprint density at radius 1 is 1.11 bits per heavy atom. The quantitative estimate of drug-likeness (QED) is 0.848. The first-order valence-corrected chi connectivity index (χ1v) is 5.63. The van der Waals surface area contributed by atoms with Crippen LogP contribution in [0, 0.1) is 13.8 Å². The molecule has 0 atom stereocenters. The molecule has 0 aromatic heterocycles. The van der Waals surface area contributed by atoms with E-state index in [9.17, 15) is 9.90 Å². The van der Waals surface area contributed by atoms with E-state index in [-0.39, 0.29) is 11.3 Å². The average Bonchev–Trinajstić information content (AvgIpc) is 2.32. The van der Waals surface area contributed by atoms with Crippen LogP contribution < -0.4 is 0 Å². The molecule has 0 aliphatic rings. The number of aromatic hydroxyl groups is 1. The Morgan fingerprint density at radius 3 is 2.44 bits per heavy atom. The predicted molar refractivity (Wildman–Crippen MR) is 70.0 cm³/mol. The first kappa shape index (κ1) is 12.2. The Kier molecular flexibility index (Phi) is 3.06. The van der Waals surface area contributed by atoms with Gasteiger partial charge >= 0.3 is 5.97 Å². The van der Waals surface area contributed by atoms with E-state index < -0.39 is 5.97 Å². The molecule has 2 N–H and O–H groups in total. The summed E-state index contributed by atoms with van der Waals surface area (Å²) in [5, 5.41) is 18.6. The van der Waals surface area contributed by atoms with Crippen molar-refractivity contribution in [1.29, 1.82) is 0 Å². The number of carboxylic acid groups (broad SMARTS) is 1. The molecule has 2 rings (SSSR count). The molecule has 3 nitrogen and oxygen atoms in total. The van der Waals surface area contributed by atoms with Crippen molar-refractivity contribution in [2.75, 3.05) is 0 Å². The third kappa shape index (κ3) is 2.07. The topological polar surface area (TPSA) is 57.5 Å². The lowest BCUT2D eigenvalue weighted by Crippen LogP contribution is -1.97. The van der Waals surface area contributed by atoms with Crippen molar-refractivity contribution in [3.8, 4) is 16.9 Å². The summed E-state index contributed by atoms with van der Waals surface area (Å²) < 4.78 is 0. The number of rotatable bonds is 2. The number of carboxylic acids is 1. The van der Waals surface area contributed by atoms with Crippen LogP contribution in [0.5, 0.6) is 5.75 Å². The van der Waals surface area contributed by atoms with Crippen LogP contribution in [0.15, 0.2) is 36.4 Å². The van der Waals surface area contributed by atoms with Gasteiger partial charge in [0.1, 0.15) is 11.3 Å². The van der Waals surface area contributed by atoms with Crippen molar-refractivity contribution in [2.45, 2.75) is 13.8 Å². The molecule has 3 heteroatoms. The van der Waals surface area contributed by atoms with E-state index in [1.165, 1.54) is 12.1 Å². The minimum atomic E-state index is -1.12. The standard InChI is InChI=1S/C15H14O3/c1-9-4-3-5-12(10(9)2)11-6-7-13(15(17)18)14(16)8-11/h3-8,16H,1-2H3,(H,17,18). The molecule has 2 aromatic rings. The molecule has 0 amide bonds. The second-order valence-corrected chi connectivity index (χ2v) is 4.28. The fourth-order valence-corrected chi connectivity index (χ4v) is 1.94. The van der Waals surface area contributed by atoms with Crippen molar-refractivity contribution < 1.29 is 15.0 Å². The number of carbonyl (C=O) groups is 1. The monoisotopic (exact) mass is 242 g/mol. The van der Waals surface area contributed by atoms with E-state index >= 15 is 0 Å². The number of hydrogen-bond acceptors (Lipinski definition) is 2. The van der Waals surface area contributed by atoms with Gasteiger partial charge in [-0.2, -0.15) is 0 Å². The largest absolute Gasteiger partial charge is 0.507 e. The fourth-order valence-electron chi connectivity index (χ4n) is 1.94. The van der Waals surface area contributed by atoms with Crippen LogP contribution in [-0.4, -0.2) is 16.2 Å². The average molecular weight is 242 g/mol. The zero-order valence-corrected chi connectivity index (χ0v) is 10.3. The maximum atomic E-state index is 10.8. The van der Waals surface area contributed by atoms with E-state index in [0.29, 0.717) is 0 Å². The van der Waals surface area contributed by atoms with Crippen LogP contribution in [0.2, 0.25) is 0 Å². The van der Waals surface area contributed by atoms with Gasteiger partial charge in [0.05, 0.1) is 0 Å². The first-order valence-electron chi connectivity index (χ1n) is 5.63. The molecular formula is C15H14O3. The number of benzene rings is 2. The third-order valence-electron chi connectivity index (χ3n) is 3.14. The summed E-state index contributed by atoms with van der Waals surface area (Å²) in [6, 6.07) is 10.5. The summed E-state index contributed by atoms with van der Waals surface area (Å²) >= 11 is 0. The second-order valence-electron chi connectivity index (χ2n) is 4.28. The number of aryl methyl sites for hydroxylation is 1. The number of hydrogen-bond donors (Lipinski definition) is 2. The molecule has 0 spiro atoms. The van der Waals surface area contributed by atoms with E-state index in [1.54, 1.807) is 6.07 Å². The molecule has 0 bridgehead atoms. The summed E-state index contributed by atoms with van der Waals surface area (Å²) in [4.78, 5) is 10.8. The summed E-state index contributed by atoms with van der Waals surface area (Å²) in [6.45, 7) is 4.02. The molecule has 18 heavy (non-hydrogen) atoms. The van der Waals surface area contributed by atoms with Crippen molar-refractivity contribution in [3.63, 3.8) is 0 Å². The Morgan fingerprint density at radius 2 is 1.83 bits per heavy atom. The Balaban J connectivity index is 2.56. The molecule has 0 aliphatic heterocycles. The molecule has 0 aliphatic carbocycles. The maximum absolute atomic E-state index is 10.8. The smallest absolute Gasteiger partial charge is 0.339 e. The summed E-state index contributed by atoms with van der Waals surface area (Å²) in [7, 11) is 0. The van der Waals surface area contributed by atoms with Gasteiger partial charge in [-0.05, 0) is 48.2 Å². The van der Waals surface area contributed by atoms with Crippen LogP contribution >= 0.6 is 0 Å². The summed E-state index contributed by atoms with van der Waals surface area (Å²) in [5.74, 6) is -1.33. The normalized spacial score (nSPS) is 10.3. The molecule has 0 saturated carbocycles. The van der Waals surface area contributed by atoms with Gasteiger partial charge in [0.2, 0.25) is 0 Å². The van der Waals surface area contributed by atoms with E-state index in [4.69, 9.17) is 5.11 Å². The molecule has 0 saturated heterocycles. The Hall–Kier alpha value is -2.29. The van der Waals surface area contributed by atoms with Crippen LogP contribution in [0.3, 0.4) is 0 Å². The SMILES string of the molecule is Cc1cccc(-c2ccc(C(=O)O)c(O)c2)c1C. The maximum Gasteiger partial charge on any atom is 0.339 e. The Labute approximate surface area is 105 Å². The molecule has 2 aromatic carbocycles. The van der Waals surface area contributed by atoms with Crippen LogP contribution in [0.25, 0.3) is 11.1 Å². The van der Waals surface area contributed by atoms with Gasteiger partial charge in [0.15, 0.2) is 0 Å². The molecular weight excluding hydrogens is 228 g/mol. The van der Waals surface area contributed by atoms with Crippen LogP contribution in [0.1, 0.15) is 21.5 Å². The number of aromatic carboxylic acids is 1. The minimum Gasteiger partial charge on any atom is -0.507 e. The minimum absolute atomic E-state index is 0.0796. The predicted octanol–water partition coefficient (Wildman–Crippen LogP) is 3.37. The zero-order chi connectivity index (χ0) is 13.3. The van der Waals surface area contributed by atoms with E-state index in [0.717, 1.165) is 22.3 Å². The lowest BCUT2D eigenvalue weighted by atomic mass is 9.96. The van der Waals surface area contributed by atoms with Gasteiger partial charge in [-0.1, -0.05) is 24.3 Å². The first-order chi connectivity index (χ1) is 8.50. The van der Waals surface area contributed by atoms with Gasteiger partial charge in [0, 0.05) is 0 Å². The molecule has 92 valence electrons. The van der Waals surface area contributed by atoms with Crippen molar-refractivity contribution in [1.82, 2.24) is 0 Å². The van der Waals surface area contributed by atoms with Crippen molar-refractivity contribution in [3.05, 3.63) is 53.1 Å². The van der Waals surface area contributed by atoms with Gasteiger partial charge in [-0.25, -0.2) is 4.79 Å². The highest BCUT2D eigenvalue weighted by Crippen LogP contribution is 2.29. The highest BCUT2D eigenvalue weighted by molar-refractivity contribution is 5.91. The van der Waals surface area contributed by atoms with E-state index in [1.807, 2.05) is 32.0 Å². The summed E-state index contributed by atoms with van der Waals surface area (Å²) in [6.07, 6.45) is 0. The lowest BCUT2D eigenvalue weighted by Gasteiger charge is -2.10.